The number of hydrogen-bond donors (Lipinski definition) is 1. The molecule has 2 aromatic carbocycles. The second-order valence-corrected chi connectivity index (χ2v) is 9.41. The van der Waals surface area contributed by atoms with E-state index in [1.165, 1.54) is 0 Å². The summed E-state index contributed by atoms with van der Waals surface area (Å²) in [6.45, 7) is 5.07. The molecule has 1 amide bonds. The highest BCUT2D eigenvalue weighted by atomic mass is 32.2. The zero-order chi connectivity index (χ0) is 22.0. The van der Waals surface area contributed by atoms with Crippen molar-refractivity contribution in [3.8, 4) is 11.4 Å². The van der Waals surface area contributed by atoms with Crippen molar-refractivity contribution < 1.29 is 17.7 Å². The highest BCUT2D eigenvalue weighted by Crippen LogP contribution is 2.22. The van der Waals surface area contributed by atoms with Crippen LogP contribution in [-0.2, 0) is 10.0 Å². The van der Waals surface area contributed by atoms with E-state index in [1.807, 2.05) is 11.8 Å². The van der Waals surface area contributed by atoms with Gasteiger partial charge in [-0.05, 0) is 51.0 Å². The van der Waals surface area contributed by atoms with Gasteiger partial charge in [-0.1, -0.05) is 35.0 Å². The number of hydrogen-bond acceptors (Lipinski definition) is 6. The van der Waals surface area contributed by atoms with Gasteiger partial charge in [0.1, 0.15) is 0 Å². The molecule has 0 bridgehead atoms. The van der Waals surface area contributed by atoms with Gasteiger partial charge in [0.2, 0.25) is 21.7 Å². The molecule has 0 spiro atoms. The maximum absolute atomic E-state index is 12.6. The predicted octanol–water partition coefficient (Wildman–Crippen LogP) is 3.32. The minimum atomic E-state index is -3.74. The smallest absolute Gasteiger partial charge is 0.253 e. The molecular weight excluding hydrogens is 416 g/mol. The van der Waals surface area contributed by atoms with Gasteiger partial charge in [-0.3, -0.25) is 4.79 Å². The van der Waals surface area contributed by atoms with Crippen molar-refractivity contribution in [2.45, 2.75) is 37.6 Å². The van der Waals surface area contributed by atoms with E-state index in [2.05, 4.69) is 14.9 Å². The molecule has 2 heterocycles. The molecule has 4 rings (SSSR count). The zero-order valence-electron chi connectivity index (χ0n) is 17.4. The molecule has 9 heteroatoms. The van der Waals surface area contributed by atoms with Gasteiger partial charge >= 0.3 is 0 Å². The van der Waals surface area contributed by atoms with Crippen LogP contribution in [0.5, 0.6) is 0 Å². The van der Waals surface area contributed by atoms with E-state index in [0.717, 1.165) is 31.5 Å². The number of benzene rings is 2. The Morgan fingerprint density at radius 2 is 1.84 bits per heavy atom. The first-order chi connectivity index (χ1) is 14.8. The highest BCUT2D eigenvalue weighted by Gasteiger charge is 2.24. The summed E-state index contributed by atoms with van der Waals surface area (Å²) in [6.07, 6.45) is 2.05. The van der Waals surface area contributed by atoms with Gasteiger partial charge in [0.15, 0.2) is 0 Å². The number of rotatable bonds is 6. The van der Waals surface area contributed by atoms with Gasteiger partial charge in [0.05, 0.1) is 10.9 Å². The van der Waals surface area contributed by atoms with Crippen molar-refractivity contribution in [1.29, 1.82) is 0 Å². The van der Waals surface area contributed by atoms with E-state index in [-0.39, 0.29) is 16.7 Å². The van der Waals surface area contributed by atoms with Crippen molar-refractivity contribution in [2.75, 3.05) is 13.1 Å². The maximum Gasteiger partial charge on any atom is 0.253 e. The Kier molecular flexibility index (Phi) is 5.88. The molecule has 3 aromatic rings. The SMILES string of the molecule is Cc1ccc(S(=O)(=O)N[C@H](C)c2nc(-c3cccc(C(=O)N4CCCC4)c3)no2)cc1. The molecule has 1 atom stereocenters. The minimum Gasteiger partial charge on any atom is -0.339 e. The number of carbonyl (C=O) groups excluding carboxylic acids is 1. The molecule has 1 aliphatic heterocycles. The fraction of sp³-hybridized carbons (Fsp3) is 0.318. The fourth-order valence-corrected chi connectivity index (χ4v) is 4.69. The van der Waals surface area contributed by atoms with Crippen LogP contribution in [0.1, 0.15) is 47.6 Å². The Morgan fingerprint density at radius 3 is 2.55 bits per heavy atom. The van der Waals surface area contributed by atoms with Crippen LogP contribution in [-0.4, -0.2) is 42.5 Å². The van der Waals surface area contributed by atoms with Crippen molar-refractivity contribution in [1.82, 2.24) is 19.8 Å². The lowest BCUT2D eigenvalue weighted by Gasteiger charge is -2.15. The Balaban J connectivity index is 1.51. The van der Waals surface area contributed by atoms with Gasteiger partial charge in [0, 0.05) is 24.2 Å². The zero-order valence-corrected chi connectivity index (χ0v) is 18.2. The van der Waals surface area contributed by atoms with Crippen molar-refractivity contribution >= 4 is 15.9 Å². The molecule has 8 nitrogen and oxygen atoms in total. The van der Waals surface area contributed by atoms with Crippen LogP contribution < -0.4 is 4.72 Å². The fourth-order valence-electron chi connectivity index (χ4n) is 3.49. The van der Waals surface area contributed by atoms with Crippen LogP contribution in [0.3, 0.4) is 0 Å². The summed E-state index contributed by atoms with van der Waals surface area (Å²) in [6, 6.07) is 12.9. The van der Waals surface area contributed by atoms with Gasteiger partial charge in [0.25, 0.3) is 5.91 Å². The molecular formula is C22H24N4O4S. The largest absolute Gasteiger partial charge is 0.339 e. The van der Waals surface area contributed by atoms with E-state index in [9.17, 15) is 13.2 Å². The van der Waals surface area contributed by atoms with Crippen molar-refractivity contribution in [3.05, 3.63) is 65.5 Å². The van der Waals surface area contributed by atoms with Gasteiger partial charge in [-0.2, -0.15) is 9.71 Å². The Labute approximate surface area is 181 Å². The van der Waals surface area contributed by atoms with Crippen LogP contribution in [0.25, 0.3) is 11.4 Å². The summed E-state index contributed by atoms with van der Waals surface area (Å²) in [5.74, 6) is 0.428. The second-order valence-electron chi connectivity index (χ2n) is 7.69. The summed E-state index contributed by atoms with van der Waals surface area (Å²) in [4.78, 5) is 19.0. The molecule has 1 saturated heterocycles. The number of likely N-dealkylation sites (tertiary alicyclic amines) is 1. The van der Waals surface area contributed by atoms with Crippen molar-refractivity contribution in [2.24, 2.45) is 0 Å². The molecule has 0 aliphatic carbocycles. The minimum absolute atomic E-state index is 0.0118. The summed E-state index contributed by atoms with van der Waals surface area (Å²) in [5.41, 5.74) is 2.17. The van der Waals surface area contributed by atoms with Gasteiger partial charge in [-0.15, -0.1) is 0 Å². The number of nitrogens with zero attached hydrogens (tertiary/aromatic N) is 3. The molecule has 31 heavy (non-hydrogen) atoms. The summed E-state index contributed by atoms with van der Waals surface area (Å²) in [5, 5.41) is 3.97. The normalized spacial score (nSPS) is 15.2. The average Bonchev–Trinajstić information content (AvgIpc) is 3.46. The number of aromatic nitrogens is 2. The first kappa shape index (κ1) is 21.2. The van der Waals surface area contributed by atoms with Crippen molar-refractivity contribution in [3.63, 3.8) is 0 Å². The third-order valence-electron chi connectivity index (χ3n) is 5.24. The monoisotopic (exact) mass is 440 g/mol. The number of carbonyl (C=O) groups is 1. The molecule has 0 unspecified atom stereocenters. The van der Waals surface area contributed by atoms with E-state index < -0.39 is 16.1 Å². The molecule has 1 fully saturated rings. The quantitative estimate of drug-likeness (QED) is 0.630. The maximum atomic E-state index is 12.6. The molecule has 1 N–H and O–H groups in total. The van der Waals surface area contributed by atoms with E-state index in [1.54, 1.807) is 55.5 Å². The lowest BCUT2D eigenvalue weighted by Crippen LogP contribution is -2.27. The lowest BCUT2D eigenvalue weighted by molar-refractivity contribution is 0.0793. The van der Waals surface area contributed by atoms with Crippen LogP contribution >= 0.6 is 0 Å². The third kappa shape index (κ3) is 4.67. The van der Waals surface area contributed by atoms with Crippen LogP contribution in [0.4, 0.5) is 0 Å². The molecule has 0 radical (unpaired) electrons. The topological polar surface area (TPSA) is 105 Å². The number of amides is 1. The molecule has 0 saturated carbocycles. The van der Waals surface area contributed by atoms with Gasteiger partial charge in [-0.25, -0.2) is 8.42 Å². The van der Waals surface area contributed by atoms with Crippen LogP contribution in [0.15, 0.2) is 57.9 Å². The second kappa shape index (κ2) is 8.60. The Bertz CT molecular complexity index is 1180. The molecule has 162 valence electrons. The van der Waals surface area contributed by atoms with E-state index in [0.29, 0.717) is 17.0 Å². The predicted molar refractivity (Wildman–Crippen MR) is 115 cm³/mol. The van der Waals surface area contributed by atoms with Crippen LogP contribution in [0, 0.1) is 6.92 Å². The molecule has 1 aliphatic rings. The summed E-state index contributed by atoms with van der Waals surface area (Å²) in [7, 11) is -3.74. The van der Waals surface area contributed by atoms with Gasteiger partial charge < -0.3 is 9.42 Å². The number of nitrogens with one attached hydrogen (secondary N) is 1. The number of sulfonamides is 1. The van der Waals surface area contributed by atoms with E-state index in [4.69, 9.17) is 4.52 Å². The highest BCUT2D eigenvalue weighted by molar-refractivity contribution is 7.89. The van der Waals surface area contributed by atoms with Crippen LogP contribution in [0.2, 0.25) is 0 Å². The average molecular weight is 441 g/mol. The summed E-state index contributed by atoms with van der Waals surface area (Å²) >= 11 is 0. The van der Waals surface area contributed by atoms with E-state index >= 15 is 0 Å². The Morgan fingerprint density at radius 1 is 1.13 bits per heavy atom. The standard InChI is InChI=1S/C22H24N4O4S/c1-15-8-10-19(11-9-15)31(28,29)25-16(2)21-23-20(24-30-21)17-6-5-7-18(14-17)22(27)26-12-3-4-13-26/h5-11,14,16,25H,3-4,12-13H2,1-2H3/t16-/m1/s1. The first-order valence-corrected chi connectivity index (χ1v) is 11.6. The first-order valence-electron chi connectivity index (χ1n) is 10.2. The number of aryl methyl sites for hydroxylation is 1. The lowest BCUT2D eigenvalue weighted by atomic mass is 10.1. The Hall–Kier alpha value is -3.04. The summed E-state index contributed by atoms with van der Waals surface area (Å²) < 4.78 is 33.1. The third-order valence-corrected chi connectivity index (χ3v) is 6.79. The molecule has 1 aromatic heterocycles.